The number of nitrogens with zero attached hydrogens (tertiary/aromatic N) is 4. The van der Waals surface area contributed by atoms with Crippen LogP contribution in [-0.2, 0) is 6.61 Å². The number of benzene rings is 1. The van der Waals surface area contributed by atoms with Crippen molar-refractivity contribution in [3.8, 4) is 11.8 Å². The molecule has 0 saturated carbocycles. The zero-order valence-electron chi connectivity index (χ0n) is 11.8. The third kappa shape index (κ3) is 2.34. The van der Waals surface area contributed by atoms with Gasteiger partial charge in [-0.25, -0.2) is 9.67 Å². The molecule has 106 valence electrons. The molecule has 2 heterocycles. The molecule has 0 bridgehead atoms. The Morgan fingerprint density at radius 2 is 2.19 bits per heavy atom. The van der Waals surface area contributed by atoms with Crippen molar-refractivity contribution in [3.05, 3.63) is 42.2 Å². The van der Waals surface area contributed by atoms with E-state index in [4.69, 9.17) is 14.4 Å². The SMILES string of the molecule is CC(C)n1ncnc1COc1c(C#N)oc2ccccc12. The van der Waals surface area contributed by atoms with Gasteiger partial charge in [0.2, 0.25) is 5.76 Å². The van der Waals surface area contributed by atoms with Crippen molar-refractivity contribution in [3.63, 3.8) is 0 Å². The zero-order valence-corrected chi connectivity index (χ0v) is 11.8. The molecule has 6 heteroatoms. The standard InChI is InChI=1S/C15H14N4O2/c1-10(2)19-14(17-9-18-19)8-20-15-11-5-3-4-6-12(11)21-13(15)7-16/h3-6,9-10H,8H2,1-2H3. The van der Waals surface area contributed by atoms with E-state index in [0.717, 1.165) is 5.39 Å². The van der Waals surface area contributed by atoms with Gasteiger partial charge in [-0.1, -0.05) is 12.1 Å². The van der Waals surface area contributed by atoms with Gasteiger partial charge in [-0.3, -0.25) is 0 Å². The van der Waals surface area contributed by atoms with Gasteiger partial charge in [0.25, 0.3) is 0 Å². The molecule has 0 radical (unpaired) electrons. The topological polar surface area (TPSA) is 76.9 Å². The van der Waals surface area contributed by atoms with Crippen molar-refractivity contribution in [2.75, 3.05) is 0 Å². The van der Waals surface area contributed by atoms with E-state index in [1.807, 2.05) is 38.1 Å². The maximum absolute atomic E-state index is 9.16. The molecule has 0 aliphatic carbocycles. The number of rotatable bonds is 4. The summed E-state index contributed by atoms with van der Waals surface area (Å²) in [5, 5.41) is 14.1. The number of nitriles is 1. The molecule has 0 unspecified atom stereocenters. The molecular weight excluding hydrogens is 268 g/mol. The van der Waals surface area contributed by atoms with Crippen molar-refractivity contribution in [2.24, 2.45) is 0 Å². The van der Waals surface area contributed by atoms with Gasteiger partial charge in [-0.15, -0.1) is 0 Å². The number of fused-ring (bicyclic) bond motifs is 1. The largest absolute Gasteiger partial charge is 0.480 e. The minimum atomic E-state index is 0.173. The second-order valence-electron chi connectivity index (χ2n) is 4.87. The van der Waals surface area contributed by atoms with Gasteiger partial charge in [0.1, 0.15) is 24.6 Å². The van der Waals surface area contributed by atoms with Crippen LogP contribution in [0, 0.1) is 11.3 Å². The first-order valence-electron chi connectivity index (χ1n) is 6.63. The minimum Gasteiger partial charge on any atom is -0.480 e. The lowest BCUT2D eigenvalue weighted by Gasteiger charge is -2.09. The Morgan fingerprint density at radius 1 is 1.38 bits per heavy atom. The van der Waals surface area contributed by atoms with E-state index < -0.39 is 0 Å². The molecule has 3 rings (SSSR count). The lowest BCUT2D eigenvalue weighted by molar-refractivity contribution is 0.280. The highest BCUT2D eigenvalue weighted by Gasteiger charge is 2.16. The third-order valence-corrected chi connectivity index (χ3v) is 3.13. The molecule has 2 aromatic heterocycles. The van der Waals surface area contributed by atoms with E-state index in [9.17, 15) is 0 Å². The molecule has 21 heavy (non-hydrogen) atoms. The highest BCUT2D eigenvalue weighted by Crippen LogP contribution is 2.32. The molecule has 0 atom stereocenters. The van der Waals surface area contributed by atoms with Crippen LogP contribution in [0.4, 0.5) is 0 Å². The van der Waals surface area contributed by atoms with Crippen LogP contribution < -0.4 is 4.74 Å². The predicted molar refractivity (Wildman–Crippen MR) is 75.7 cm³/mol. The number of hydrogen-bond donors (Lipinski definition) is 0. The van der Waals surface area contributed by atoms with Crippen molar-refractivity contribution in [1.82, 2.24) is 14.8 Å². The molecule has 0 aliphatic heterocycles. The monoisotopic (exact) mass is 282 g/mol. The molecule has 0 fully saturated rings. The van der Waals surface area contributed by atoms with E-state index >= 15 is 0 Å². The molecule has 0 N–H and O–H groups in total. The lowest BCUT2D eigenvalue weighted by Crippen LogP contribution is -2.10. The molecule has 6 nitrogen and oxygen atoms in total. The van der Waals surface area contributed by atoms with Crippen molar-refractivity contribution in [2.45, 2.75) is 26.5 Å². The molecule has 0 saturated heterocycles. The maximum atomic E-state index is 9.16. The van der Waals surface area contributed by atoms with Gasteiger partial charge in [-0.2, -0.15) is 10.4 Å². The minimum absolute atomic E-state index is 0.173. The van der Waals surface area contributed by atoms with Crippen LogP contribution >= 0.6 is 0 Å². The summed E-state index contributed by atoms with van der Waals surface area (Å²) in [6.07, 6.45) is 1.50. The highest BCUT2D eigenvalue weighted by atomic mass is 16.5. The third-order valence-electron chi connectivity index (χ3n) is 3.13. The van der Waals surface area contributed by atoms with E-state index in [2.05, 4.69) is 10.1 Å². The van der Waals surface area contributed by atoms with Crippen molar-refractivity contribution < 1.29 is 9.15 Å². The van der Waals surface area contributed by atoms with Crippen LogP contribution in [0.5, 0.6) is 5.75 Å². The summed E-state index contributed by atoms with van der Waals surface area (Å²) in [7, 11) is 0. The summed E-state index contributed by atoms with van der Waals surface area (Å²) in [6, 6.07) is 9.61. The Hall–Kier alpha value is -2.81. The Kier molecular flexibility index (Phi) is 3.32. The molecule has 1 aromatic carbocycles. The summed E-state index contributed by atoms with van der Waals surface area (Å²) in [6.45, 7) is 4.27. The van der Waals surface area contributed by atoms with Crippen molar-refractivity contribution >= 4 is 11.0 Å². The van der Waals surface area contributed by atoms with Crippen LogP contribution in [0.2, 0.25) is 0 Å². The normalized spacial score (nSPS) is 11.0. The van der Waals surface area contributed by atoms with Gasteiger partial charge in [0.15, 0.2) is 11.6 Å². The molecule has 3 aromatic rings. The number of aromatic nitrogens is 3. The van der Waals surface area contributed by atoms with Crippen LogP contribution in [-0.4, -0.2) is 14.8 Å². The van der Waals surface area contributed by atoms with E-state index in [-0.39, 0.29) is 18.4 Å². The van der Waals surface area contributed by atoms with Gasteiger partial charge in [-0.05, 0) is 26.0 Å². The highest BCUT2D eigenvalue weighted by molar-refractivity contribution is 5.86. The fourth-order valence-corrected chi connectivity index (χ4v) is 2.18. The molecule has 0 amide bonds. The van der Waals surface area contributed by atoms with Gasteiger partial charge < -0.3 is 9.15 Å². The van der Waals surface area contributed by atoms with Crippen LogP contribution in [0.25, 0.3) is 11.0 Å². The van der Waals surface area contributed by atoms with E-state index in [1.54, 1.807) is 10.7 Å². The summed E-state index contributed by atoms with van der Waals surface area (Å²) in [5.74, 6) is 1.33. The zero-order chi connectivity index (χ0) is 14.8. The molecule has 0 aliphatic rings. The molecular formula is C15H14N4O2. The fraction of sp³-hybridized carbons (Fsp3) is 0.267. The second kappa shape index (κ2) is 5.29. The van der Waals surface area contributed by atoms with E-state index in [0.29, 0.717) is 17.2 Å². The van der Waals surface area contributed by atoms with Crippen LogP contribution in [0.15, 0.2) is 35.0 Å². The Bertz CT molecular complexity index is 811. The lowest BCUT2D eigenvalue weighted by atomic mass is 10.2. The molecule has 0 spiro atoms. The second-order valence-corrected chi connectivity index (χ2v) is 4.87. The van der Waals surface area contributed by atoms with Gasteiger partial charge in [0.05, 0.1) is 5.39 Å². The number of para-hydroxylation sites is 1. The number of furan rings is 1. The number of hydrogen-bond acceptors (Lipinski definition) is 5. The first-order chi connectivity index (χ1) is 10.2. The van der Waals surface area contributed by atoms with Gasteiger partial charge in [0, 0.05) is 6.04 Å². The maximum Gasteiger partial charge on any atom is 0.246 e. The summed E-state index contributed by atoms with van der Waals surface area (Å²) in [5.41, 5.74) is 0.634. The fourth-order valence-electron chi connectivity index (χ4n) is 2.18. The first kappa shape index (κ1) is 13.2. The average Bonchev–Trinajstić information content (AvgIpc) is 3.09. The van der Waals surface area contributed by atoms with Crippen molar-refractivity contribution in [1.29, 1.82) is 5.26 Å². The summed E-state index contributed by atoms with van der Waals surface area (Å²) >= 11 is 0. The summed E-state index contributed by atoms with van der Waals surface area (Å²) in [4.78, 5) is 4.19. The van der Waals surface area contributed by atoms with E-state index in [1.165, 1.54) is 6.33 Å². The van der Waals surface area contributed by atoms with Gasteiger partial charge >= 0.3 is 0 Å². The smallest absolute Gasteiger partial charge is 0.246 e. The predicted octanol–water partition coefficient (Wildman–Crippen LogP) is 3.06. The Balaban J connectivity index is 1.92. The quantitative estimate of drug-likeness (QED) is 0.735. The van der Waals surface area contributed by atoms with Crippen LogP contribution in [0.1, 0.15) is 31.5 Å². The van der Waals surface area contributed by atoms with Crippen LogP contribution in [0.3, 0.4) is 0 Å². The summed E-state index contributed by atoms with van der Waals surface area (Å²) < 4.78 is 13.0. The average molecular weight is 282 g/mol. The number of ether oxygens (including phenoxy) is 1. The Labute approximate surface area is 121 Å². The first-order valence-corrected chi connectivity index (χ1v) is 6.63. The Morgan fingerprint density at radius 3 is 2.95 bits per heavy atom.